The molecule has 2 nitrogen and oxygen atoms in total. The average molecular weight is 144 g/mol. The second-order valence-electron chi connectivity index (χ2n) is 3.47. The first-order valence-electron chi connectivity index (χ1n) is 3.56. The Morgan fingerprint density at radius 2 is 1.80 bits per heavy atom. The lowest BCUT2D eigenvalue weighted by atomic mass is 9.79. The van der Waals surface area contributed by atoms with Crippen molar-refractivity contribution in [3.8, 4) is 0 Å². The summed E-state index contributed by atoms with van der Waals surface area (Å²) in [5.41, 5.74) is -0.409. The molecule has 0 saturated carbocycles. The Balaban J connectivity index is 4.17. The fourth-order valence-corrected chi connectivity index (χ4v) is 0.729. The molecule has 0 fully saturated rings. The van der Waals surface area contributed by atoms with Crippen LogP contribution in [0.2, 0.25) is 0 Å². The summed E-state index contributed by atoms with van der Waals surface area (Å²) in [5.74, 6) is 0.0185. The molecule has 0 spiro atoms. The lowest BCUT2D eigenvalue weighted by Gasteiger charge is -2.27. The van der Waals surface area contributed by atoms with E-state index in [1.54, 1.807) is 6.92 Å². The topological polar surface area (TPSA) is 37.3 Å². The zero-order valence-corrected chi connectivity index (χ0v) is 7.09. The highest BCUT2D eigenvalue weighted by Gasteiger charge is 2.28. The summed E-state index contributed by atoms with van der Waals surface area (Å²) in [4.78, 5) is 10.5. The summed E-state index contributed by atoms with van der Waals surface area (Å²) in [7, 11) is 0. The number of hydrogen-bond acceptors (Lipinski definition) is 2. The van der Waals surface area contributed by atoms with Gasteiger partial charge in [-0.2, -0.15) is 0 Å². The van der Waals surface area contributed by atoms with Crippen molar-refractivity contribution in [3.63, 3.8) is 0 Å². The third kappa shape index (κ3) is 2.10. The van der Waals surface area contributed by atoms with Crippen LogP contribution in [0, 0.1) is 11.3 Å². The van der Waals surface area contributed by atoms with E-state index in [2.05, 4.69) is 0 Å². The van der Waals surface area contributed by atoms with E-state index in [1.165, 1.54) is 0 Å². The molecule has 0 bridgehead atoms. The SMILES string of the molecule is CC(O)C(C)C(C)(C)C=O. The van der Waals surface area contributed by atoms with Crippen LogP contribution in [0.25, 0.3) is 0 Å². The van der Waals surface area contributed by atoms with Crippen molar-refractivity contribution in [3.05, 3.63) is 0 Å². The summed E-state index contributed by atoms with van der Waals surface area (Å²) >= 11 is 0. The molecule has 0 aromatic heterocycles. The minimum Gasteiger partial charge on any atom is -0.393 e. The van der Waals surface area contributed by atoms with Crippen LogP contribution in [-0.2, 0) is 4.79 Å². The molecule has 0 heterocycles. The molecule has 10 heavy (non-hydrogen) atoms. The van der Waals surface area contributed by atoms with E-state index in [0.29, 0.717) is 0 Å². The van der Waals surface area contributed by atoms with E-state index in [-0.39, 0.29) is 5.92 Å². The third-order valence-corrected chi connectivity index (χ3v) is 2.20. The number of carbonyl (C=O) groups is 1. The molecular formula is C8H16O2. The van der Waals surface area contributed by atoms with Gasteiger partial charge in [-0.1, -0.05) is 20.8 Å². The highest BCUT2D eigenvalue weighted by Crippen LogP contribution is 2.26. The lowest BCUT2D eigenvalue weighted by Crippen LogP contribution is -2.31. The summed E-state index contributed by atoms with van der Waals surface area (Å²) in [5, 5.41) is 9.13. The van der Waals surface area contributed by atoms with Crippen LogP contribution in [0.1, 0.15) is 27.7 Å². The maximum absolute atomic E-state index is 10.5. The fourth-order valence-electron chi connectivity index (χ4n) is 0.729. The van der Waals surface area contributed by atoms with Crippen molar-refractivity contribution in [1.29, 1.82) is 0 Å². The van der Waals surface area contributed by atoms with Gasteiger partial charge in [-0.3, -0.25) is 0 Å². The Labute approximate surface area is 62.2 Å². The maximum atomic E-state index is 10.5. The Bertz CT molecular complexity index is 116. The van der Waals surface area contributed by atoms with Gasteiger partial charge in [-0.25, -0.2) is 0 Å². The van der Waals surface area contributed by atoms with Gasteiger partial charge in [-0.05, 0) is 12.8 Å². The number of aliphatic hydroxyl groups excluding tert-OH is 1. The first-order chi connectivity index (χ1) is 4.41. The molecule has 0 amide bonds. The molecule has 2 unspecified atom stereocenters. The Hall–Kier alpha value is -0.370. The second-order valence-corrected chi connectivity index (χ2v) is 3.47. The zero-order chi connectivity index (χ0) is 8.36. The fraction of sp³-hybridized carbons (Fsp3) is 0.875. The van der Waals surface area contributed by atoms with Crippen LogP contribution in [0.3, 0.4) is 0 Å². The van der Waals surface area contributed by atoms with Crippen molar-refractivity contribution in [2.24, 2.45) is 11.3 Å². The number of hydrogen-bond donors (Lipinski definition) is 1. The molecule has 0 rings (SSSR count). The summed E-state index contributed by atoms with van der Waals surface area (Å²) < 4.78 is 0. The molecule has 0 aliphatic heterocycles. The molecule has 0 saturated heterocycles. The molecule has 0 aliphatic rings. The second kappa shape index (κ2) is 3.15. The number of aliphatic hydroxyl groups is 1. The minimum atomic E-state index is -0.416. The van der Waals surface area contributed by atoms with E-state index in [1.807, 2.05) is 20.8 Å². The molecule has 2 atom stereocenters. The smallest absolute Gasteiger partial charge is 0.125 e. The van der Waals surface area contributed by atoms with Crippen molar-refractivity contribution in [2.45, 2.75) is 33.8 Å². The van der Waals surface area contributed by atoms with E-state index in [0.717, 1.165) is 6.29 Å². The highest BCUT2D eigenvalue weighted by atomic mass is 16.3. The monoisotopic (exact) mass is 144 g/mol. The van der Waals surface area contributed by atoms with E-state index in [4.69, 9.17) is 5.11 Å². The van der Waals surface area contributed by atoms with Gasteiger partial charge in [0.1, 0.15) is 6.29 Å². The summed E-state index contributed by atoms with van der Waals surface area (Å²) in [6.07, 6.45) is 0.477. The Kier molecular flexibility index (Phi) is 3.03. The van der Waals surface area contributed by atoms with Gasteiger partial charge in [0.25, 0.3) is 0 Å². The number of aldehydes is 1. The summed E-state index contributed by atoms with van der Waals surface area (Å²) in [6, 6.07) is 0. The molecule has 0 aromatic carbocycles. The first kappa shape index (κ1) is 9.63. The van der Waals surface area contributed by atoms with Gasteiger partial charge in [-0.15, -0.1) is 0 Å². The van der Waals surface area contributed by atoms with E-state index < -0.39 is 11.5 Å². The van der Waals surface area contributed by atoms with Gasteiger partial charge in [0, 0.05) is 5.41 Å². The standard InChI is InChI=1S/C8H16O2/c1-6(7(2)10)8(3,4)5-9/h5-7,10H,1-4H3. The van der Waals surface area contributed by atoms with Crippen LogP contribution in [0.4, 0.5) is 0 Å². The van der Waals surface area contributed by atoms with Gasteiger partial charge in [0.2, 0.25) is 0 Å². The van der Waals surface area contributed by atoms with E-state index >= 15 is 0 Å². The van der Waals surface area contributed by atoms with Crippen LogP contribution in [-0.4, -0.2) is 17.5 Å². The predicted molar refractivity (Wildman–Crippen MR) is 40.7 cm³/mol. The van der Waals surface area contributed by atoms with Crippen LogP contribution in [0.5, 0.6) is 0 Å². The normalized spacial score (nSPS) is 18.1. The van der Waals surface area contributed by atoms with Crippen molar-refractivity contribution >= 4 is 6.29 Å². The largest absolute Gasteiger partial charge is 0.393 e. The van der Waals surface area contributed by atoms with Crippen molar-refractivity contribution < 1.29 is 9.90 Å². The van der Waals surface area contributed by atoms with Crippen molar-refractivity contribution in [2.75, 3.05) is 0 Å². The maximum Gasteiger partial charge on any atom is 0.125 e. The van der Waals surface area contributed by atoms with E-state index in [9.17, 15) is 4.79 Å². The van der Waals surface area contributed by atoms with Crippen LogP contribution in [0.15, 0.2) is 0 Å². The number of rotatable bonds is 3. The van der Waals surface area contributed by atoms with Gasteiger partial charge in [0.05, 0.1) is 6.10 Å². The quantitative estimate of drug-likeness (QED) is 0.605. The molecule has 60 valence electrons. The molecular weight excluding hydrogens is 128 g/mol. The minimum absolute atomic E-state index is 0.0185. The van der Waals surface area contributed by atoms with Crippen LogP contribution < -0.4 is 0 Å². The molecule has 1 N–H and O–H groups in total. The number of carbonyl (C=O) groups excluding carboxylic acids is 1. The molecule has 0 aliphatic carbocycles. The van der Waals surface area contributed by atoms with Gasteiger partial charge in [0.15, 0.2) is 0 Å². The molecule has 0 radical (unpaired) electrons. The first-order valence-corrected chi connectivity index (χ1v) is 3.56. The lowest BCUT2D eigenvalue weighted by molar-refractivity contribution is -0.119. The predicted octanol–water partition coefficient (Wildman–Crippen LogP) is 1.23. The van der Waals surface area contributed by atoms with Gasteiger partial charge >= 0.3 is 0 Å². The van der Waals surface area contributed by atoms with Crippen LogP contribution >= 0.6 is 0 Å². The average Bonchev–Trinajstić information content (AvgIpc) is 1.86. The van der Waals surface area contributed by atoms with Crippen molar-refractivity contribution in [1.82, 2.24) is 0 Å². The zero-order valence-electron chi connectivity index (χ0n) is 7.09. The van der Waals surface area contributed by atoms with Gasteiger partial charge < -0.3 is 9.90 Å². The molecule has 0 aromatic rings. The highest BCUT2D eigenvalue weighted by molar-refractivity contribution is 5.58. The molecule has 2 heteroatoms. The third-order valence-electron chi connectivity index (χ3n) is 2.20. The summed E-state index contributed by atoms with van der Waals surface area (Å²) in [6.45, 7) is 7.24. The Morgan fingerprint density at radius 3 is 1.90 bits per heavy atom. The Morgan fingerprint density at radius 1 is 1.40 bits per heavy atom.